The van der Waals surface area contributed by atoms with Crippen LogP contribution in [0.15, 0.2) is 12.2 Å². The Balaban J connectivity index is 2.38. The number of aliphatic hydroxyl groups excluding tert-OH is 3. The van der Waals surface area contributed by atoms with E-state index in [1.54, 1.807) is 6.92 Å². The van der Waals surface area contributed by atoms with Crippen molar-refractivity contribution < 1.29 is 39.1 Å². The van der Waals surface area contributed by atoms with Crippen molar-refractivity contribution in [2.24, 2.45) is 0 Å². The minimum absolute atomic E-state index is 0.00111. The van der Waals surface area contributed by atoms with Crippen molar-refractivity contribution in [1.29, 1.82) is 0 Å². The van der Waals surface area contributed by atoms with Crippen LogP contribution in [0.1, 0.15) is 26.7 Å². The second kappa shape index (κ2) is 11.4. The fourth-order valence-corrected chi connectivity index (χ4v) is 2.49. The first kappa shape index (κ1) is 22.7. The highest BCUT2D eigenvalue weighted by Gasteiger charge is 2.45. The summed E-state index contributed by atoms with van der Waals surface area (Å²) < 4.78 is 16.3. The lowest BCUT2D eigenvalue weighted by molar-refractivity contribution is -0.272. The Hall–Kier alpha value is -1.36. The van der Waals surface area contributed by atoms with Crippen molar-refractivity contribution >= 4 is 11.7 Å². The van der Waals surface area contributed by atoms with Crippen LogP contribution in [0.3, 0.4) is 0 Å². The minimum Gasteiger partial charge on any atom is -0.394 e. The van der Waals surface area contributed by atoms with Gasteiger partial charge in [0.25, 0.3) is 0 Å². The number of carbonyl (C=O) groups excluding carboxylic acids is 2. The first-order chi connectivity index (χ1) is 12.3. The zero-order valence-corrected chi connectivity index (χ0v) is 15.2. The SMILES string of the molecule is C=C(C)C(=O)CCCOCCO[C@@H]1OC(CO)[C@@H](O)[C@H](O)C1NC(C)=O. The molecule has 5 atom stereocenters. The maximum absolute atomic E-state index is 11.4. The average molecular weight is 375 g/mol. The van der Waals surface area contributed by atoms with Crippen molar-refractivity contribution in [2.75, 3.05) is 26.4 Å². The predicted molar refractivity (Wildman–Crippen MR) is 91.2 cm³/mol. The number of Topliss-reactive ketones (excluding diaryl/α,β-unsaturated/α-hetero) is 1. The van der Waals surface area contributed by atoms with Gasteiger partial charge in [-0.1, -0.05) is 6.58 Å². The Morgan fingerprint density at radius 3 is 2.42 bits per heavy atom. The second-order valence-corrected chi connectivity index (χ2v) is 6.22. The van der Waals surface area contributed by atoms with Crippen molar-refractivity contribution in [2.45, 2.75) is 57.3 Å². The van der Waals surface area contributed by atoms with Crippen LogP contribution < -0.4 is 5.32 Å². The van der Waals surface area contributed by atoms with E-state index >= 15 is 0 Å². The van der Waals surface area contributed by atoms with Gasteiger partial charge in [0, 0.05) is 20.0 Å². The molecular weight excluding hydrogens is 346 g/mol. The number of rotatable bonds is 11. The van der Waals surface area contributed by atoms with Crippen LogP contribution in [0, 0.1) is 0 Å². The lowest BCUT2D eigenvalue weighted by atomic mass is 9.97. The molecule has 1 aliphatic rings. The second-order valence-electron chi connectivity index (χ2n) is 6.22. The number of hydrogen-bond acceptors (Lipinski definition) is 8. The first-order valence-corrected chi connectivity index (χ1v) is 8.55. The topological polar surface area (TPSA) is 135 Å². The summed E-state index contributed by atoms with van der Waals surface area (Å²) in [6, 6.07) is -0.974. The van der Waals surface area contributed by atoms with Gasteiger partial charge in [-0.05, 0) is 18.9 Å². The van der Waals surface area contributed by atoms with Crippen molar-refractivity contribution in [3.05, 3.63) is 12.2 Å². The van der Waals surface area contributed by atoms with Crippen molar-refractivity contribution in [3.63, 3.8) is 0 Å². The number of amides is 1. The van der Waals surface area contributed by atoms with Crippen LogP contribution in [0.5, 0.6) is 0 Å². The van der Waals surface area contributed by atoms with Gasteiger partial charge >= 0.3 is 0 Å². The molecule has 1 heterocycles. The zero-order chi connectivity index (χ0) is 19.7. The van der Waals surface area contributed by atoms with Gasteiger partial charge in [0.1, 0.15) is 24.4 Å². The normalized spacial score (nSPS) is 28.6. The summed E-state index contributed by atoms with van der Waals surface area (Å²) in [5.74, 6) is -0.416. The third kappa shape index (κ3) is 7.10. The molecule has 0 aliphatic carbocycles. The fraction of sp³-hybridized carbons (Fsp3) is 0.765. The predicted octanol–water partition coefficient (Wildman–Crippen LogP) is -1.11. The molecule has 1 fully saturated rings. The molecule has 9 nitrogen and oxygen atoms in total. The molecule has 1 saturated heterocycles. The molecule has 0 saturated carbocycles. The molecule has 1 rings (SSSR count). The molecule has 0 spiro atoms. The molecule has 0 aromatic carbocycles. The Bertz CT molecular complexity index is 483. The first-order valence-electron chi connectivity index (χ1n) is 8.55. The number of ether oxygens (including phenoxy) is 3. The van der Waals surface area contributed by atoms with Gasteiger partial charge in [-0.25, -0.2) is 0 Å². The van der Waals surface area contributed by atoms with E-state index in [1.165, 1.54) is 6.92 Å². The van der Waals surface area contributed by atoms with Crippen LogP contribution in [0.2, 0.25) is 0 Å². The van der Waals surface area contributed by atoms with E-state index in [0.29, 0.717) is 25.0 Å². The quantitative estimate of drug-likeness (QED) is 0.264. The maximum Gasteiger partial charge on any atom is 0.217 e. The lowest BCUT2D eigenvalue weighted by Crippen LogP contribution is -2.64. The highest BCUT2D eigenvalue weighted by Crippen LogP contribution is 2.22. The van der Waals surface area contributed by atoms with Gasteiger partial charge in [-0.2, -0.15) is 0 Å². The highest BCUT2D eigenvalue weighted by atomic mass is 16.7. The highest BCUT2D eigenvalue weighted by molar-refractivity contribution is 5.93. The number of ketones is 1. The van der Waals surface area contributed by atoms with Gasteiger partial charge in [0.15, 0.2) is 12.1 Å². The van der Waals surface area contributed by atoms with E-state index in [4.69, 9.17) is 14.2 Å². The smallest absolute Gasteiger partial charge is 0.217 e. The van der Waals surface area contributed by atoms with Gasteiger partial charge in [0.2, 0.25) is 5.91 Å². The molecule has 1 amide bonds. The van der Waals surface area contributed by atoms with Crippen LogP contribution in [-0.4, -0.2) is 84.1 Å². The van der Waals surface area contributed by atoms with E-state index in [-0.39, 0.29) is 19.0 Å². The van der Waals surface area contributed by atoms with Gasteiger partial charge in [-0.15, -0.1) is 0 Å². The average Bonchev–Trinajstić information content (AvgIpc) is 2.59. The molecular formula is C17H29NO8. The summed E-state index contributed by atoms with van der Waals surface area (Å²) in [6.07, 6.45) is -3.81. The van der Waals surface area contributed by atoms with E-state index in [2.05, 4.69) is 11.9 Å². The largest absolute Gasteiger partial charge is 0.394 e. The van der Waals surface area contributed by atoms with Gasteiger partial charge in [-0.3, -0.25) is 9.59 Å². The van der Waals surface area contributed by atoms with Crippen LogP contribution in [0.25, 0.3) is 0 Å². The van der Waals surface area contributed by atoms with Crippen molar-refractivity contribution in [3.8, 4) is 0 Å². The van der Waals surface area contributed by atoms with Crippen molar-refractivity contribution in [1.82, 2.24) is 5.32 Å². The molecule has 0 radical (unpaired) electrons. The molecule has 0 bridgehead atoms. The monoisotopic (exact) mass is 375 g/mol. The molecule has 1 aliphatic heterocycles. The van der Waals surface area contributed by atoms with E-state index in [9.17, 15) is 24.9 Å². The summed E-state index contributed by atoms with van der Waals surface area (Å²) in [6.45, 7) is 6.71. The van der Waals surface area contributed by atoms with Crippen LogP contribution in [0.4, 0.5) is 0 Å². The summed E-state index contributed by atoms with van der Waals surface area (Å²) in [5, 5.41) is 31.7. The third-order valence-corrected chi connectivity index (χ3v) is 3.93. The summed E-state index contributed by atoms with van der Waals surface area (Å²) in [4.78, 5) is 22.7. The van der Waals surface area contributed by atoms with E-state index in [0.717, 1.165) is 0 Å². The third-order valence-electron chi connectivity index (χ3n) is 3.93. The molecule has 0 aromatic heterocycles. The molecule has 26 heavy (non-hydrogen) atoms. The Kier molecular flexibility index (Phi) is 9.92. The Labute approximate surface area is 152 Å². The minimum atomic E-state index is -1.35. The number of hydrogen-bond donors (Lipinski definition) is 4. The molecule has 4 N–H and O–H groups in total. The van der Waals surface area contributed by atoms with Gasteiger partial charge in [0.05, 0.1) is 19.8 Å². The number of carbonyl (C=O) groups is 2. The lowest BCUT2D eigenvalue weighted by Gasteiger charge is -2.42. The van der Waals surface area contributed by atoms with Crippen LogP contribution in [-0.2, 0) is 23.8 Å². The number of aliphatic hydroxyl groups is 3. The molecule has 9 heteroatoms. The molecule has 2 unspecified atom stereocenters. The standard InChI is InChI=1S/C17H29NO8/c1-10(2)12(21)5-4-6-24-7-8-25-17-14(18-11(3)20)16(23)15(22)13(9-19)26-17/h13-17,19,22-23H,1,4-9H2,2-3H3,(H,18,20)/t13?,14?,15-,16-,17-/m1/s1. The molecule has 150 valence electrons. The zero-order valence-electron chi connectivity index (χ0n) is 15.2. The number of allylic oxidation sites excluding steroid dienone is 1. The number of nitrogens with one attached hydrogen (secondary N) is 1. The summed E-state index contributed by atoms with van der Waals surface area (Å²) in [7, 11) is 0. The Morgan fingerprint density at radius 2 is 1.85 bits per heavy atom. The maximum atomic E-state index is 11.4. The van der Waals surface area contributed by atoms with Crippen LogP contribution >= 0.6 is 0 Å². The summed E-state index contributed by atoms with van der Waals surface area (Å²) >= 11 is 0. The Morgan fingerprint density at radius 1 is 1.15 bits per heavy atom. The fourth-order valence-electron chi connectivity index (χ4n) is 2.49. The molecule has 0 aromatic rings. The van der Waals surface area contributed by atoms with E-state index < -0.39 is 43.2 Å². The van der Waals surface area contributed by atoms with E-state index in [1.807, 2.05) is 0 Å². The summed E-state index contributed by atoms with van der Waals surface area (Å²) in [5.41, 5.74) is 0.519. The van der Waals surface area contributed by atoms with Gasteiger partial charge < -0.3 is 34.8 Å².